The van der Waals surface area contributed by atoms with E-state index < -0.39 is 0 Å². The summed E-state index contributed by atoms with van der Waals surface area (Å²) in [5.41, 5.74) is 3.46. The molecular formula is C21H18N2OS2. The summed E-state index contributed by atoms with van der Waals surface area (Å²) in [5.74, 6) is 0.00221. The summed E-state index contributed by atoms with van der Waals surface area (Å²) in [6.07, 6.45) is 4.09. The smallest absolute Gasteiger partial charge is 0.266 e. The number of fused-ring (bicyclic) bond motifs is 1. The predicted octanol–water partition coefficient (Wildman–Crippen LogP) is 4.91. The first-order valence-electron chi connectivity index (χ1n) is 8.54. The van der Waals surface area contributed by atoms with Gasteiger partial charge in [-0.15, -0.1) is 0 Å². The van der Waals surface area contributed by atoms with Crippen molar-refractivity contribution in [3.8, 4) is 0 Å². The van der Waals surface area contributed by atoms with Crippen LogP contribution in [-0.2, 0) is 11.3 Å². The molecule has 0 unspecified atom stereocenters. The molecule has 3 nitrogen and oxygen atoms in total. The molecule has 5 heteroatoms. The van der Waals surface area contributed by atoms with Gasteiger partial charge in [0.2, 0.25) is 0 Å². The highest BCUT2D eigenvalue weighted by molar-refractivity contribution is 8.26. The zero-order valence-corrected chi connectivity index (χ0v) is 16.0. The van der Waals surface area contributed by atoms with E-state index in [0.717, 1.165) is 23.0 Å². The monoisotopic (exact) mass is 378 g/mol. The van der Waals surface area contributed by atoms with Crippen molar-refractivity contribution in [2.45, 2.75) is 13.5 Å². The number of carbonyl (C=O) groups excluding carboxylic acids is 1. The summed E-state index contributed by atoms with van der Waals surface area (Å²) in [7, 11) is 0. The van der Waals surface area contributed by atoms with Gasteiger partial charge in [0.05, 0.1) is 4.91 Å². The molecule has 0 radical (unpaired) electrons. The minimum atomic E-state index is 0.00221. The molecule has 0 atom stereocenters. The Morgan fingerprint density at radius 2 is 1.81 bits per heavy atom. The van der Waals surface area contributed by atoms with Crippen molar-refractivity contribution >= 4 is 51.2 Å². The van der Waals surface area contributed by atoms with Crippen LogP contribution in [-0.4, -0.2) is 26.2 Å². The Bertz CT molecular complexity index is 1020. The summed E-state index contributed by atoms with van der Waals surface area (Å²) >= 11 is 6.70. The van der Waals surface area contributed by atoms with Crippen LogP contribution in [0.5, 0.6) is 0 Å². The Labute approximate surface area is 162 Å². The van der Waals surface area contributed by atoms with Crippen LogP contribution in [0.3, 0.4) is 0 Å². The lowest BCUT2D eigenvalue weighted by Gasteiger charge is -2.09. The zero-order chi connectivity index (χ0) is 18.1. The van der Waals surface area contributed by atoms with Gasteiger partial charge in [0.25, 0.3) is 5.91 Å². The summed E-state index contributed by atoms with van der Waals surface area (Å²) in [6.45, 7) is 3.35. The minimum Gasteiger partial charge on any atom is -0.342 e. The van der Waals surface area contributed by atoms with Gasteiger partial charge >= 0.3 is 0 Å². The molecule has 3 aromatic rings. The molecule has 0 aliphatic carbocycles. The molecule has 1 saturated heterocycles. The number of rotatable bonds is 4. The molecule has 0 N–H and O–H groups in total. The van der Waals surface area contributed by atoms with E-state index in [-0.39, 0.29) is 5.91 Å². The average Bonchev–Trinajstić information content (AvgIpc) is 3.13. The number of likely N-dealkylation sites (N-methyl/N-ethyl adjacent to an activating group) is 1. The number of thioether (sulfide) groups is 1. The Morgan fingerprint density at radius 3 is 2.54 bits per heavy atom. The molecular weight excluding hydrogens is 360 g/mol. The van der Waals surface area contributed by atoms with Gasteiger partial charge in [0.15, 0.2) is 0 Å². The van der Waals surface area contributed by atoms with E-state index in [0.29, 0.717) is 15.8 Å². The van der Waals surface area contributed by atoms with Gasteiger partial charge in [-0.3, -0.25) is 9.69 Å². The van der Waals surface area contributed by atoms with Gasteiger partial charge in [-0.1, -0.05) is 72.5 Å². The molecule has 1 aromatic heterocycles. The third kappa shape index (κ3) is 3.08. The van der Waals surface area contributed by atoms with E-state index in [1.165, 1.54) is 17.3 Å². The van der Waals surface area contributed by atoms with Gasteiger partial charge in [-0.25, -0.2) is 0 Å². The first-order chi connectivity index (χ1) is 12.7. The van der Waals surface area contributed by atoms with Crippen molar-refractivity contribution in [3.05, 3.63) is 76.8 Å². The quantitative estimate of drug-likeness (QED) is 0.476. The first-order valence-corrected chi connectivity index (χ1v) is 9.77. The highest BCUT2D eigenvalue weighted by Crippen LogP contribution is 2.34. The fourth-order valence-corrected chi connectivity index (χ4v) is 4.59. The van der Waals surface area contributed by atoms with E-state index in [1.807, 2.05) is 31.2 Å². The van der Waals surface area contributed by atoms with Crippen LogP contribution in [0.15, 0.2) is 65.7 Å². The lowest BCUT2D eigenvalue weighted by atomic mass is 10.1. The van der Waals surface area contributed by atoms with Crippen LogP contribution in [0.4, 0.5) is 0 Å². The summed E-state index contributed by atoms with van der Waals surface area (Å²) < 4.78 is 2.87. The second-order valence-electron chi connectivity index (χ2n) is 6.14. The number of carbonyl (C=O) groups is 1. The van der Waals surface area contributed by atoms with Crippen molar-refractivity contribution < 1.29 is 4.79 Å². The number of hydrogen-bond acceptors (Lipinski definition) is 3. The van der Waals surface area contributed by atoms with Crippen molar-refractivity contribution in [2.75, 3.05) is 6.54 Å². The largest absolute Gasteiger partial charge is 0.342 e. The van der Waals surface area contributed by atoms with Gasteiger partial charge < -0.3 is 4.57 Å². The average molecular weight is 379 g/mol. The number of hydrogen-bond donors (Lipinski definition) is 0. The van der Waals surface area contributed by atoms with Gasteiger partial charge in [0, 0.05) is 35.8 Å². The Hall–Kier alpha value is -2.37. The first kappa shape index (κ1) is 17.1. The van der Waals surface area contributed by atoms with Crippen molar-refractivity contribution in [3.63, 3.8) is 0 Å². The van der Waals surface area contributed by atoms with Crippen molar-refractivity contribution in [2.24, 2.45) is 0 Å². The molecule has 2 heterocycles. The highest BCUT2D eigenvalue weighted by atomic mass is 32.2. The lowest BCUT2D eigenvalue weighted by Crippen LogP contribution is -2.27. The van der Waals surface area contributed by atoms with Crippen LogP contribution in [0.2, 0.25) is 0 Å². The van der Waals surface area contributed by atoms with E-state index >= 15 is 0 Å². The summed E-state index contributed by atoms with van der Waals surface area (Å²) in [5, 5.41) is 1.14. The van der Waals surface area contributed by atoms with Crippen LogP contribution >= 0.6 is 24.0 Å². The van der Waals surface area contributed by atoms with Crippen LogP contribution in [0.1, 0.15) is 18.1 Å². The molecule has 0 saturated carbocycles. The van der Waals surface area contributed by atoms with E-state index in [9.17, 15) is 4.79 Å². The summed E-state index contributed by atoms with van der Waals surface area (Å²) in [4.78, 5) is 14.9. The van der Waals surface area contributed by atoms with Crippen LogP contribution in [0, 0.1) is 0 Å². The van der Waals surface area contributed by atoms with Gasteiger partial charge in [-0.05, 0) is 24.6 Å². The minimum absolute atomic E-state index is 0.00221. The van der Waals surface area contributed by atoms with Crippen molar-refractivity contribution in [1.82, 2.24) is 9.47 Å². The number of amides is 1. The maximum atomic E-state index is 12.5. The second kappa shape index (κ2) is 7.09. The number of thiocarbonyl (C=S) groups is 1. The maximum Gasteiger partial charge on any atom is 0.266 e. The molecule has 1 amide bonds. The topological polar surface area (TPSA) is 25.2 Å². The molecule has 0 spiro atoms. The predicted molar refractivity (Wildman–Crippen MR) is 113 cm³/mol. The SMILES string of the molecule is CCN1C(=O)/C(=C/c2cn(Cc3ccccc3)c3ccccc23)SC1=S. The molecule has 1 aliphatic heterocycles. The molecule has 0 bridgehead atoms. The van der Waals surface area contributed by atoms with Crippen LogP contribution < -0.4 is 0 Å². The molecule has 130 valence electrons. The number of nitrogens with zero attached hydrogens (tertiary/aromatic N) is 2. The molecule has 2 aromatic carbocycles. The number of benzene rings is 2. The van der Waals surface area contributed by atoms with E-state index in [4.69, 9.17) is 12.2 Å². The molecule has 4 rings (SSSR count). The fourth-order valence-electron chi connectivity index (χ4n) is 3.22. The summed E-state index contributed by atoms with van der Waals surface area (Å²) in [6, 6.07) is 18.7. The molecule has 1 aliphatic rings. The second-order valence-corrected chi connectivity index (χ2v) is 7.82. The lowest BCUT2D eigenvalue weighted by molar-refractivity contribution is -0.121. The van der Waals surface area contributed by atoms with Gasteiger partial charge in [-0.2, -0.15) is 0 Å². The van der Waals surface area contributed by atoms with Gasteiger partial charge in [0.1, 0.15) is 4.32 Å². The zero-order valence-electron chi connectivity index (χ0n) is 14.4. The van der Waals surface area contributed by atoms with Crippen molar-refractivity contribution in [1.29, 1.82) is 0 Å². The fraction of sp³-hybridized carbons (Fsp3) is 0.143. The Balaban J connectivity index is 1.76. The Morgan fingerprint density at radius 1 is 1.08 bits per heavy atom. The maximum absolute atomic E-state index is 12.5. The third-order valence-electron chi connectivity index (χ3n) is 4.49. The Kier molecular flexibility index (Phi) is 4.66. The molecule has 1 fully saturated rings. The highest BCUT2D eigenvalue weighted by Gasteiger charge is 2.30. The van der Waals surface area contributed by atoms with E-state index in [2.05, 4.69) is 47.2 Å². The third-order valence-corrected chi connectivity index (χ3v) is 5.87. The van der Waals surface area contributed by atoms with E-state index in [1.54, 1.807) is 4.90 Å². The standard InChI is InChI=1S/C21H18N2OS2/c1-2-23-20(24)19(26-21(23)25)12-16-14-22(13-15-8-4-3-5-9-15)18-11-7-6-10-17(16)18/h3-12,14H,2,13H2,1H3/b19-12-. The van der Waals surface area contributed by atoms with Crippen LogP contribution in [0.25, 0.3) is 17.0 Å². The number of aromatic nitrogens is 1. The number of para-hydroxylation sites is 1. The molecule has 26 heavy (non-hydrogen) atoms. The normalized spacial score (nSPS) is 16.2.